The normalized spacial score (nSPS) is 52.7. The highest BCUT2D eigenvalue weighted by molar-refractivity contribution is 6.11. The van der Waals surface area contributed by atoms with Crippen molar-refractivity contribution >= 4 is 7.85 Å². The van der Waals surface area contributed by atoms with Gasteiger partial charge in [0.25, 0.3) is 0 Å². The molecule has 0 aromatic heterocycles. The molecule has 0 aromatic rings. The standard InChI is InChI=1S/C7H13BO4/c8-6-4-1-11-3-7(2-9,12-6)5(4)10/h4-6,9-10H,1-3,8H2/t4-,5+,6?,7?/m0/s1. The first-order valence-corrected chi connectivity index (χ1v) is 4.24. The van der Waals surface area contributed by atoms with E-state index in [-0.39, 0.29) is 18.5 Å². The summed E-state index contributed by atoms with van der Waals surface area (Å²) < 4.78 is 10.8. The number of aliphatic hydroxyl groups excluding tert-OH is 2. The molecule has 2 aliphatic heterocycles. The highest BCUT2D eigenvalue weighted by Gasteiger charge is 2.55. The highest BCUT2D eigenvalue weighted by atomic mass is 16.6. The van der Waals surface area contributed by atoms with Crippen molar-refractivity contribution in [1.82, 2.24) is 0 Å². The van der Waals surface area contributed by atoms with Gasteiger partial charge in [0.05, 0.1) is 25.9 Å². The average Bonchev–Trinajstić information content (AvgIpc) is 2.23. The topological polar surface area (TPSA) is 58.9 Å². The predicted molar refractivity (Wildman–Crippen MR) is 43.5 cm³/mol. The van der Waals surface area contributed by atoms with E-state index in [4.69, 9.17) is 14.6 Å². The SMILES string of the molecule is BC1OC2(CO)COC[C@H]1[C@H]2O. The quantitative estimate of drug-likeness (QED) is 0.437. The molecule has 0 spiro atoms. The van der Waals surface area contributed by atoms with Gasteiger partial charge in [0.15, 0.2) is 0 Å². The van der Waals surface area contributed by atoms with Crippen LogP contribution in [0, 0.1) is 5.92 Å². The summed E-state index contributed by atoms with van der Waals surface area (Å²) in [4.78, 5) is 0. The minimum absolute atomic E-state index is 0.0188. The van der Waals surface area contributed by atoms with Crippen LogP contribution in [0.2, 0.25) is 0 Å². The van der Waals surface area contributed by atoms with Gasteiger partial charge < -0.3 is 19.7 Å². The fraction of sp³-hybridized carbons (Fsp3) is 1.00. The summed E-state index contributed by atoms with van der Waals surface area (Å²) in [6.45, 7) is 0.657. The third-order valence-corrected chi connectivity index (χ3v) is 2.89. The molecule has 2 saturated heterocycles. The predicted octanol–water partition coefficient (Wildman–Crippen LogP) is -2.29. The van der Waals surface area contributed by atoms with Gasteiger partial charge in [-0.15, -0.1) is 0 Å². The second-order valence-electron chi connectivity index (χ2n) is 3.67. The molecule has 0 aliphatic carbocycles. The molecule has 0 amide bonds. The minimum Gasteiger partial charge on any atom is -0.393 e. The molecule has 12 heavy (non-hydrogen) atoms. The van der Waals surface area contributed by atoms with Gasteiger partial charge in [0.2, 0.25) is 0 Å². The zero-order chi connectivity index (χ0) is 8.77. The van der Waals surface area contributed by atoms with Gasteiger partial charge in [-0.1, -0.05) is 0 Å². The zero-order valence-corrected chi connectivity index (χ0v) is 7.06. The molecule has 0 radical (unpaired) electrons. The Kier molecular flexibility index (Phi) is 1.91. The van der Waals surface area contributed by atoms with Crippen LogP contribution in [0.1, 0.15) is 0 Å². The van der Waals surface area contributed by atoms with Gasteiger partial charge in [-0.2, -0.15) is 0 Å². The maximum atomic E-state index is 9.76. The van der Waals surface area contributed by atoms with Crippen LogP contribution in [0.25, 0.3) is 0 Å². The Morgan fingerprint density at radius 3 is 2.92 bits per heavy atom. The number of hydrogen-bond acceptors (Lipinski definition) is 4. The van der Waals surface area contributed by atoms with E-state index >= 15 is 0 Å². The van der Waals surface area contributed by atoms with E-state index in [2.05, 4.69) is 0 Å². The molecule has 68 valence electrons. The van der Waals surface area contributed by atoms with Crippen molar-refractivity contribution in [3.05, 3.63) is 0 Å². The molecular formula is C7H13BO4. The third-order valence-electron chi connectivity index (χ3n) is 2.89. The van der Waals surface area contributed by atoms with Crippen molar-refractivity contribution in [3.8, 4) is 0 Å². The summed E-state index contributed by atoms with van der Waals surface area (Å²) in [5.41, 5.74) is -0.845. The average molecular weight is 172 g/mol. The molecule has 2 heterocycles. The first kappa shape index (κ1) is 8.50. The molecule has 2 N–H and O–H groups in total. The van der Waals surface area contributed by atoms with Crippen LogP contribution in [0.4, 0.5) is 0 Å². The number of ether oxygens (including phenoxy) is 2. The molecule has 2 bridgehead atoms. The van der Waals surface area contributed by atoms with Crippen LogP contribution in [-0.2, 0) is 9.47 Å². The van der Waals surface area contributed by atoms with Crippen LogP contribution in [0.3, 0.4) is 0 Å². The first-order valence-electron chi connectivity index (χ1n) is 4.24. The van der Waals surface area contributed by atoms with E-state index < -0.39 is 11.7 Å². The van der Waals surface area contributed by atoms with Gasteiger partial charge in [0.1, 0.15) is 13.4 Å². The summed E-state index contributed by atoms with van der Waals surface area (Å²) >= 11 is 0. The largest absolute Gasteiger partial charge is 0.393 e. The summed E-state index contributed by atoms with van der Waals surface area (Å²) in [5, 5.41) is 18.9. The summed E-state index contributed by atoms with van der Waals surface area (Å²) in [6.07, 6.45) is -0.578. The molecule has 2 fully saturated rings. The fourth-order valence-corrected chi connectivity index (χ4v) is 2.06. The van der Waals surface area contributed by atoms with Crippen LogP contribution < -0.4 is 0 Å². The van der Waals surface area contributed by atoms with Crippen molar-refractivity contribution in [2.45, 2.75) is 17.7 Å². The van der Waals surface area contributed by atoms with Gasteiger partial charge in [0, 0.05) is 11.9 Å². The van der Waals surface area contributed by atoms with Gasteiger partial charge in [-0.25, -0.2) is 0 Å². The van der Waals surface area contributed by atoms with Gasteiger partial charge in [-0.05, 0) is 0 Å². The molecule has 5 heteroatoms. The van der Waals surface area contributed by atoms with Crippen molar-refractivity contribution in [1.29, 1.82) is 0 Å². The van der Waals surface area contributed by atoms with E-state index in [1.807, 2.05) is 7.85 Å². The lowest BCUT2D eigenvalue weighted by atomic mass is 9.81. The zero-order valence-electron chi connectivity index (χ0n) is 7.06. The van der Waals surface area contributed by atoms with Crippen molar-refractivity contribution < 1.29 is 19.7 Å². The summed E-state index contributed by atoms with van der Waals surface area (Å²) in [6, 6.07) is -0.0188. The smallest absolute Gasteiger partial charge is 0.140 e. The molecule has 0 saturated carbocycles. The number of hydrogen-bond donors (Lipinski definition) is 2. The molecule has 4 nitrogen and oxygen atoms in total. The third kappa shape index (κ3) is 0.940. The number of rotatable bonds is 1. The minimum atomic E-state index is -0.845. The van der Waals surface area contributed by atoms with Crippen molar-refractivity contribution in [3.63, 3.8) is 0 Å². The summed E-state index contributed by atoms with van der Waals surface area (Å²) in [7, 11) is 1.90. The first-order chi connectivity index (χ1) is 5.69. The van der Waals surface area contributed by atoms with Crippen LogP contribution in [-0.4, -0.2) is 55.6 Å². The Hall–Kier alpha value is -0.0951. The van der Waals surface area contributed by atoms with Crippen LogP contribution in [0.15, 0.2) is 0 Å². The molecule has 0 aromatic carbocycles. The lowest BCUT2D eigenvalue weighted by Gasteiger charge is -2.34. The van der Waals surface area contributed by atoms with Crippen molar-refractivity contribution in [2.75, 3.05) is 19.8 Å². The monoisotopic (exact) mass is 172 g/mol. The lowest BCUT2D eigenvalue weighted by molar-refractivity contribution is -0.153. The van der Waals surface area contributed by atoms with E-state index in [1.54, 1.807) is 0 Å². The maximum Gasteiger partial charge on any atom is 0.140 e. The highest BCUT2D eigenvalue weighted by Crippen LogP contribution is 2.38. The van der Waals surface area contributed by atoms with Crippen molar-refractivity contribution in [2.24, 2.45) is 5.92 Å². The molecular weight excluding hydrogens is 159 g/mol. The maximum absolute atomic E-state index is 9.76. The second-order valence-corrected chi connectivity index (χ2v) is 3.67. The molecule has 2 unspecified atom stereocenters. The molecule has 2 rings (SSSR count). The van der Waals surface area contributed by atoms with Gasteiger partial charge >= 0.3 is 0 Å². The van der Waals surface area contributed by atoms with Crippen LogP contribution in [0.5, 0.6) is 0 Å². The van der Waals surface area contributed by atoms with E-state index in [0.717, 1.165) is 0 Å². The molecule has 2 aliphatic rings. The lowest BCUT2D eigenvalue weighted by Crippen LogP contribution is -2.52. The van der Waals surface area contributed by atoms with E-state index in [0.29, 0.717) is 13.2 Å². The van der Waals surface area contributed by atoms with Gasteiger partial charge in [-0.3, -0.25) is 0 Å². The Bertz CT molecular complexity index is 188. The Balaban J connectivity index is 2.24. The fourth-order valence-electron chi connectivity index (χ4n) is 2.06. The summed E-state index contributed by atoms with van der Waals surface area (Å²) in [5.74, 6) is 0.0194. The number of fused-ring (bicyclic) bond motifs is 2. The van der Waals surface area contributed by atoms with E-state index in [1.165, 1.54) is 0 Å². The molecule has 4 atom stereocenters. The van der Waals surface area contributed by atoms with E-state index in [9.17, 15) is 5.11 Å². The Labute approximate surface area is 71.9 Å². The Morgan fingerprint density at radius 1 is 1.58 bits per heavy atom. The van der Waals surface area contributed by atoms with Crippen LogP contribution >= 0.6 is 0 Å². The Morgan fingerprint density at radius 2 is 2.33 bits per heavy atom. The second kappa shape index (κ2) is 2.70. The number of aliphatic hydroxyl groups is 2.